The van der Waals surface area contributed by atoms with E-state index in [9.17, 15) is 17.6 Å². The second-order valence-electron chi connectivity index (χ2n) is 3.85. The van der Waals surface area contributed by atoms with Gasteiger partial charge in [-0.25, -0.2) is 4.39 Å². The van der Waals surface area contributed by atoms with Crippen molar-refractivity contribution in [2.45, 2.75) is 6.18 Å². The molecule has 0 amide bonds. The summed E-state index contributed by atoms with van der Waals surface area (Å²) < 4.78 is 51.7. The topological polar surface area (TPSA) is 23.8 Å². The summed E-state index contributed by atoms with van der Waals surface area (Å²) in [6.07, 6.45) is -4.50. The van der Waals surface area contributed by atoms with Gasteiger partial charge in [0.25, 0.3) is 0 Å². The molecule has 0 spiro atoms. The molecule has 96 valence electrons. The average Bonchev–Trinajstić information content (AvgIpc) is 2.38. The summed E-state index contributed by atoms with van der Waals surface area (Å²) in [7, 11) is 0. The van der Waals surface area contributed by atoms with Crippen LogP contribution in [0.25, 0.3) is 11.1 Å². The number of nitrogens with zero attached hydrogens (tertiary/aromatic N) is 1. The molecular formula is C14H7F4N. The van der Waals surface area contributed by atoms with Crippen LogP contribution in [0.4, 0.5) is 17.6 Å². The summed E-state index contributed by atoms with van der Waals surface area (Å²) in [5.74, 6) is -0.754. The molecule has 0 aliphatic carbocycles. The lowest BCUT2D eigenvalue weighted by Crippen LogP contribution is -2.06. The highest BCUT2D eigenvalue weighted by atomic mass is 19.4. The Morgan fingerprint density at radius 2 is 1.68 bits per heavy atom. The molecule has 0 radical (unpaired) electrons. The molecule has 2 aromatic carbocycles. The maximum absolute atomic E-state index is 13.2. The Morgan fingerprint density at radius 1 is 1.00 bits per heavy atom. The molecule has 0 heterocycles. The zero-order valence-corrected chi connectivity index (χ0v) is 9.50. The Morgan fingerprint density at radius 3 is 2.32 bits per heavy atom. The van der Waals surface area contributed by atoms with Gasteiger partial charge in [-0.15, -0.1) is 0 Å². The van der Waals surface area contributed by atoms with Crippen LogP contribution in [0.1, 0.15) is 11.1 Å². The van der Waals surface area contributed by atoms with Crippen molar-refractivity contribution >= 4 is 0 Å². The Bertz CT molecular complexity index is 653. The van der Waals surface area contributed by atoms with Crippen LogP contribution in [0.2, 0.25) is 0 Å². The van der Waals surface area contributed by atoms with E-state index in [0.717, 1.165) is 18.2 Å². The first-order valence-electron chi connectivity index (χ1n) is 5.29. The van der Waals surface area contributed by atoms with Crippen LogP contribution in [0.15, 0.2) is 42.5 Å². The Kier molecular flexibility index (Phi) is 3.26. The summed E-state index contributed by atoms with van der Waals surface area (Å²) in [6, 6.07) is 9.90. The van der Waals surface area contributed by atoms with Gasteiger partial charge < -0.3 is 0 Å². The molecule has 2 rings (SSSR count). The Labute approximate surface area is 106 Å². The summed E-state index contributed by atoms with van der Waals surface area (Å²) in [6.45, 7) is 0. The van der Waals surface area contributed by atoms with Crippen LogP contribution < -0.4 is 0 Å². The summed E-state index contributed by atoms with van der Waals surface area (Å²) >= 11 is 0. The highest BCUT2D eigenvalue weighted by Gasteiger charge is 2.33. The fraction of sp³-hybridized carbons (Fsp3) is 0.0714. The predicted octanol–water partition coefficient (Wildman–Crippen LogP) is 4.38. The van der Waals surface area contributed by atoms with Gasteiger partial charge in [-0.1, -0.05) is 24.3 Å². The predicted molar refractivity (Wildman–Crippen MR) is 61.6 cm³/mol. The number of benzene rings is 2. The fourth-order valence-electron chi connectivity index (χ4n) is 1.76. The molecule has 5 heteroatoms. The third-order valence-electron chi connectivity index (χ3n) is 2.63. The van der Waals surface area contributed by atoms with Crippen molar-refractivity contribution in [3.8, 4) is 17.2 Å². The van der Waals surface area contributed by atoms with Crippen molar-refractivity contribution < 1.29 is 17.6 Å². The lowest BCUT2D eigenvalue weighted by molar-refractivity contribution is -0.137. The van der Waals surface area contributed by atoms with Crippen LogP contribution in [0.3, 0.4) is 0 Å². The lowest BCUT2D eigenvalue weighted by atomic mass is 9.98. The third kappa shape index (κ3) is 2.58. The van der Waals surface area contributed by atoms with Crippen LogP contribution in [-0.4, -0.2) is 0 Å². The molecule has 0 aromatic heterocycles. The highest BCUT2D eigenvalue weighted by molar-refractivity contribution is 5.69. The molecule has 0 aliphatic heterocycles. The molecule has 1 nitrogen and oxygen atoms in total. The van der Waals surface area contributed by atoms with Gasteiger partial charge in [-0.3, -0.25) is 0 Å². The zero-order chi connectivity index (χ0) is 14.0. The van der Waals surface area contributed by atoms with Crippen molar-refractivity contribution in [3.05, 3.63) is 59.4 Å². The third-order valence-corrected chi connectivity index (χ3v) is 2.63. The van der Waals surface area contributed by atoms with Crippen LogP contribution in [0.5, 0.6) is 0 Å². The minimum atomic E-state index is -4.50. The second-order valence-corrected chi connectivity index (χ2v) is 3.85. The minimum Gasteiger partial charge on any atom is -0.206 e. The molecule has 0 N–H and O–H groups in total. The molecule has 2 aromatic rings. The lowest BCUT2D eigenvalue weighted by Gasteiger charge is -2.12. The van der Waals surface area contributed by atoms with Gasteiger partial charge in [0.05, 0.1) is 11.1 Å². The normalized spacial score (nSPS) is 11.1. The molecule has 0 fully saturated rings. The molecule has 0 unspecified atom stereocenters. The van der Waals surface area contributed by atoms with Gasteiger partial charge in [-0.05, 0) is 29.3 Å². The first-order chi connectivity index (χ1) is 8.93. The van der Waals surface area contributed by atoms with Crippen molar-refractivity contribution in [1.29, 1.82) is 5.26 Å². The van der Waals surface area contributed by atoms with Crippen LogP contribution >= 0.6 is 0 Å². The smallest absolute Gasteiger partial charge is 0.206 e. The van der Waals surface area contributed by atoms with Crippen LogP contribution in [0, 0.1) is 17.1 Å². The first-order valence-corrected chi connectivity index (χ1v) is 5.29. The summed E-state index contributed by atoms with van der Waals surface area (Å²) in [5, 5.41) is 8.71. The van der Waals surface area contributed by atoms with E-state index < -0.39 is 17.6 Å². The van der Waals surface area contributed by atoms with Gasteiger partial charge in [-0.2, -0.15) is 18.4 Å². The zero-order valence-electron chi connectivity index (χ0n) is 9.50. The average molecular weight is 265 g/mol. The number of alkyl halides is 3. The van der Waals surface area contributed by atoms with E-state index in [-0.39, 0.29) is 16.7 Å². The number of nitriles is 1. The maximum Gasteiger partial charge on any atom is 0.417 e. The molecule has 0 aliphatic rings. The number of rotatable bonds is 1. The van der Waals surface area contributed by atoms with Crippen molar-refractivity contribution in [2.24, 2.45) is 0 Å². The highest BCUT2D eigenvalue weighted by Crippen LogP contribution is 2.37. The van der Waals surface area contributed by atoms with E-state index in [0.29, 0.717) is 0 Å². The van der Waals surface area contributed by atoms with Crippen molar-refractivity contribution in [2.75, 3.05) is 0 Å². The standard InChI is InChI=1S/C14H7F4N/c15-13-6-5-9(7-10(13)8-19)11-3-1-2-4-12(11)14(16,17)18/h1-7H. The van der Waals surface area contributed by atoms with Crippen LogP contribution in [-0.2, 0) is 6.18 Å². The largest absolute Gasteiger partial charge is 0.417 e. The second kappa shape index (κ2) is 4.73. The summed E-state index contributed by atoms with van der Waals surface area (Å²) in [4.78, 5) is 0. The van der Waals surface area contributed by atoms with Gasteiger partial charge in [0, 0.05) is 0 Å². The SMILES string of the molecule is N#Cc1cc(-c2ccccc2C(F)(F)F)ccc1F. The van der Waals surface area contributed by atoms with Gasteiger partial charge >= 0.3 is 6.18 Å². The van der Waals surface area contributed by atoms with E-state index >= 15 is 0 Å². The number of hydrogen-bond donors (Lipinski definition) is 0. The van der Waals surface area contributed by atoms with Crippen molar-refractivity contribution in [1.82, 2.24) is 0 Å². The number of hydrogen-bond acceptors (Lipinski definition) is 1. The van der Waals surface area contributed by atoms with E-state index in [1.54, 1.807) is 6.07 Å². The molecule has 0 bridgehead atoms. The molecule has 19 heavy (non-hydrogen) atoms. The maximum atomic E-state index is 13.2. The Balaban J connectivity index is 2.64. The van der Waals surface area contributed by atoms with E-state index in [2.05, 4.69) is 0 Å². The molecular weight excluding hydrogens is 258 g/mol. The van der Waals surface area contributed by atoms with E-state index in [1.165, 1.54) is 24.3 Å². The molecule has 0 atom stereocenters. The quantitative estimate of drug-likeness (QED) is 0.702. The molecule has 0 saturated carbocycles. The van der Waals surface area contributed by atoms with Gasteiger partial charge in [0.15, 0.2) is 0 Å². The first kappa shape index (κ1) is 13.1. The van der Waals surface area contributed by atoms with E-state index in [1.807, 2.05) is 0 Å². The molecule has 0 saturated heterocycles. The Hall–Kier alpha value is -2.35. The fourth-order valence-corrected chi connectivity index (χ4v) is 1.76. The monoisotopic (exact) mass is 265 g/mol. The van der Waals surface area contributed by atoms with E-state index in [4.69, 9.17) is 5.26 Å². The van der Waals surface area contributed by atoms with Crippen molar-refractivity contribution in [3.63, 3.8) is 0 Å². The minimum absolute atomic E-state index is 0.0773. The van der Waals surface area contributed by atoms with Gasteiger partial charge in [0.2, 0.25) is 0 Å². The van der Waals surface area contributed by atoms with Gasteiger partial charge in [0.1, 0.15) is 11.9 Å². The summed E-state index contributed by atoms with van der Waals surface area (Å²) in [5.41, 5.74) is -1.02. The number of halogens is 4.